The molecule has 1 fully saturated rings. The zero-order chi connectivity index (χ0) is 18.1. The number of benzene rings is 1. The van der Waals surface area contributed by atoms with Gasteiger partial charge in [-0.05, 0) is 18.2 Å². The average molecular weight is 352 g/mol. The number of piperazine rings is 1. The predicted octanol–water partition coefficient (Wildman–Crippen LogP) is 1.98. The van der Waals surface area contributed by atoms with E-state index < -0.39 is 5.63 Å². The summed E-state index contributed by atoms with van der Waals surface area (Å²) < 4.78 is 10.2. The van der Waals surface area contributed by atoms with Crippen LogP contribution in [0.3, 0.4) is 0 Å². The van der Waals surface area contributed by atoms with Gasteiger partial charge in [0.2, 0.25) is 0 Å². The van der Waals surface area contributed by atoms with Crippen molar-refractivity contribution < 1.29 is 18.4 Å². The lowest BCUT2D eigenvalue weighted by Gasteiger charge is -2.34. The second-order valence-corrected chi connectivity index (χ2v) is 6.08. The summed E-state index contributed by atoms with van der Waals surface area (Å²) in [6.07, 6.45) is 2.85. The summed E-state index contributed by atoms with van der Waals surface area (Å²) in [6.45, 7) is 1.51. The van der Waals surface area contributed by atoms with Gasteiger partial charge in [-0.1, -0.05) is 18.2 Å². The molecule has 132 valence electrons. The highest BCUT2D eigenvalue weighted by atomic mass is 16.4. The monoisotopic (exact) mass is 352 g/mol. The largest absolute Gasteiger partial charge is 0.472 e. The Labute approximate surface area is 148 Å². The fraction of sp³-hybridized carbons (Fsp3) is 0.211. The van der Waals surface area contributed by atoms with Crippen molar-refractivity contribution in [2.75, 3.05) is 26.2 Å². The van der Waals surface area contributed by atoms with Gasteiger partial charge in [-0.2, -0.15) is 0 Å². The van der Waals surface area contributed by atoms with E-state index in [-0.39, 0.29) is 17.4 Å². The number of fused-ring (bicyclic) bond motifs is 1. The molecule has 26 heavy (non-hydrogen) atoms. The minimum Gasteiger partial charge on any atom is -0.472 e. The number of amides is 2. The van der Waals surface area contributed by atoms with Gasteiger partial charge >= 0.3 is 5.63 Å². The Bertz CT molecular complexity index is 1010. The van der Waals surface area contributed by atoms with Gasteiger partial charge in [0.25, 0.3) is 11.8 Å². The highest BCUT2D eigenvalue weighted by molar-refractivity contribution is 5.97. The summed E-state index contributed by atoms with van der Waals surface area (Å²) in [4.78, 5) is 40.4. The first-order valence-corrected chi connectivity index (χ1v) is 8.27. The number of hydrogen-bond acceptors (Lipinski definition) is 5. The molecule has 7 heteroatoms. The van der Waals surface area contributed by atoms with Crippen molar-refractivity contribution in [2.45, 2.75) is 0 Å². The Kier molecular flexibility index (Phi) is 4.04. The van der Waals surface area contributed by atoms with Crippen LogP contribution in [0.25, 0.3) is 11.0 Å². The first-order valence-electron chi connectivity index (χ1n) is 8.27. The molecule has 0 unspecified atom stereocenters. The van der Waals surface area contributed by atoms with E-state index in [0.717, 1.165) is 0 Å². The third-order valence-electron chi connectivity index (χ3n) is 4.49. The molecule has 0 bridgehead atoms. The van der Waals surface area contributed by atoms with Crippen LogP contribution in [0.15, 0.2) is 62.6 Å². The van der Waals surface area contributed by atoms with E-state index in [9.17, 15) is 14.4 Å². The van der Waals surface area contributed by atoms with Crippen LogP contribution in [-0.2, 0) is 0 Å². The van der Waals surface area contributed by atoms with E-state index in [1.807, 2.05) is 6.07 Å². The van der Waals surface area contributed by atoms with Crippen molar-refractivity contribution in [1.82, 2.24) is 9.80 Å². The number of hydrogen-bond donors (Lipinski definition) is 0. The van der Waals surface area contributed by atoms with Crippen molar-refractivity contribution in [3.05, 3.63) is 70.5 Å². The topological polar surface area (TPSA) is 84.0 Å². The maximum absolute atomic E-state index is 12.7. The fourth-order valence-electron chi connectivity index (χ4n) is 3.06. The van der Waals surface area contributed by atoms with Gasteiger partial charge in [-0.15, -0.1) is 0 Å². The van der Waals surface area contributed by atoms with Crippen LogP contribution in [0, 0.1) is 0 Å². The zero-order valence-electron chi connectivity index (χ0n) is 13.9. The fourth-order valence-corrected chi connectivity index (χ4v) is 3.06. The van der Waals surface area contributed by atoms with E-state index in [2.05, 4.69) is 0 Å². The van der Waals surface area contributed by atoms with E-state index in [1.54, 1.807) is 40.1 Å². The summed E-state index contributed by atoms with van der Waals surface area (Å²) in [5, 5.41) is 0.698. The number of carbonyl (C=O) groups is 2. The minimum absolute atomic E-state index is 0.0123. The number of nitrogens with zero attached hydrogens (tertiary/aromatic N) is 2. The van der Waals surface area contributed by atoms with E-state index in [1.165, 1.54) is 12.5 Å². The number of para-hydroxylation sites is 1. The second-order valence-electron chi connectivity index (χ2n) is 6.08. The Morgan fingerprint density at radius 2 is 1.62 bits per heavy atom. The third kappa shape index (κ3) is 2.88. The normalized spacial score (nSPS) is 14.6. The Morgan fingerprint density at radius 3 is 2.31 bits per heavy atom. The molecule has 4 rings (SSSR count). The van der Waals surface area contributed by atoms with E-state index in [4.69, 9.17) is 8.83 Å². The minimum atomic E-state index is -0.648. The van der Waals surface area contributed by atoms with E-state index >= 15 is 0 Å². The summed E-state index contributed by atoms with van der Waals surface area (Å²) in [7, 11) is 0. The Morgan fingerprint density at radius 1 is 0.923 bits per heavy atom. The Hall–Kier alpha value is -3.35. The molecule has 7 nitrogen and oxygen atoms in total. The first kappa shape index (κ1) is 16.1. The Balaban J connectivity index is 1.49. The zero-order valence-corrected chi connectivity index (χ0v) is 13.9. The van der Waals surface area contributed by atoms with Gasteiger partial charge in [-0.3, -0.25) is 9.59 Å². The molecular weight excluding hydrogens is 336 g/mol. The van der Waals surface area contributed by atoms with Crippen LogP contribution in [0.4, 0.5) is 0 Å². The van der Waals surface area contributed by atoms with E-state index in [0.29, 0.717) is 42.7 Å². The van der Waals surface area contributed by atoms with Crippen LogP contribution in [0.5, 0.6) is 0 Å². The molecule has 2 amide bonds. The molecule has 0 spiro atoms. The molecular formula is C19H16N2O5. The maximum Gasteiger partial charge on any atom is 0.349 e. The average Bonchev–Trinajstić information content (AvgIpc) is 3.21. The summed E-state index contributed by atoms with van der Waals surface area (Å²) in [6, 6.07) is 10.2. The molecule has 0 N–H and O–H groups in total. The van der Waals surface area contributed by atoms with Crippen LogP contribution in [-0.4, -0.2) is 47.8 Å². The molecule has 3 heterocycles. The molecule has 0 radical (unpaired) electrons. The van der Waals surface area contributed by atoms with Gasteiger partial charge in [0.15, 0.2) is 0 Å². The number of furan rings is 1. The van der Waals surface area contributed by atoms with Crippen molar-refractivity contribution in [3.8, 4) is 0 Å². The quantitative estimate of drug-likeness (QED) is 0.659. The highest BCUT2D eigenvalue weighted by Gasteiger charge is 2.27. The molecule has 0 saturated carbocycles. The van der Waals surface area contributed by atoms with Gasteiger partial charge in [0, 0.05) is 31.6 Å². The van der Waals surface area contributed by atoms with Crippen LogP contribution in [0.1, 0.15) is 20.7 Å². The summed E-state index contributed by atoms with van der Waals surface area (Å²) in [5.41, 5.74) is 0.299. The number of carbonyl (C=O) groups excluding carboxylic acids is 2. The second kappa shape index (κ2) is 6.51. The van der Waals surface area contributed by atoms with Gasteiger partial charge in [0.1, 0.15) is 17.4 Å². The van der Waals surface area contributed by atoms with Crippen molar-refractivity contribution in [3.63, 3.8) is 0 Å². The molecule has 1 aromatic carbocycles. The lowest BCUT2D eigenvalue weighted by molar-refractivity contribution is 0.0532. The third-order valence-corrected chi connectivity index (χ3v) is 4.49. The molecule has 0 atom stereocenters. The van der Waals surface area contributed by atoms with Crippen molar-refractivity contribution >= 4 is 22.8 Å². The molecule has 1 saturated heterocycles. The predicted molar refractivity (Wildman–Crippen MR) is 93.0 cm³/mol. The number of rotatable bonds is 2. The molecule has 0 aliphatic carbocycles. The van der Waals surface area contributed by atoms with Gasteiger partial charge < -0.3 is 18.6 Å². The summed E-state index contributed by atoms with van der Waals surface area (Å²) in [5.74, 6) is -0.504. The molecule has 1 aliphatic rings. The lowest BCUT2D eigenvalue weighted by Crippen LogP contribution is -2.51. The maximum atomic E-state index is 12.7. The van der Waals surface area contributed by atoms with Crippen molar-refractivity contribution in [1.29, 1.82) is 0 Å². The van der Waals surface area contributed by atoms with Crippen LogP contribution < -0.4 is 5.63 Å². The van der Waals surface area contributed by atoms with Gasteiger partial charge in [0.05, 0.1) is 11.8 Å². The standard InChI is InChI=1S/C19H16N2O5/c22-17(14-5-10-25-12-14)20-6-8-21(9-7-20)18(23)15-11-13-3-1-2-4-16(13)26-19(15)24/h1-5,10-12H,6-9H2. The van der Waals surface area contributed by atoms with Crippen molar-refractivity contribution in [2.24, 2.45) is 0 Å². The summed E-state index contributed by atoms with van der Waals surface area (Å²) >= 11 is 0. The first-order chi connectivity index (χ1) is 12.6. The lowest BCUT2D eigenvalue weighted by atomic mass is 10.1. The SMILES string of the molecule is O=C(c1ccoc1)N1CCN(C(=O)c2cc3ccccc3oc2=O)CC1. The molecule has 1 aliphatic heterocycles. The highest BCUT2D eigenvalue weighted by Crippen LogP contribution is 2.15. The molecule has 3 aromatic rings. The van der Waals surface area contributed by atoms with Crippen LogP contribution in [0.2, 0.25) is 0 Å². The van der Waals surface area contributed by atoms with Crippen LogP contribution >= 0.6 is 0 Å². The molecule has 2 aromatic heterocycles. The van der Waals surface area contributed by atoms with Gasteiger partial charge in [-0.25, -0.2) is 4.79 Å². The smallest absolute Gasteiger partial charge is 0.349 e.